The van der Waals surface area contributed by atoms with Gasteiger partial charge in [-0.25, -0.2) is 0 Å². The lowest BCUT2D eigenvalue weighted by molar-refractivity contribution is 0.401. The van der Waals surface area contributed by atoms with Crippen molar-refractivity contribution in [3.8, 4) is 11.5 Å². The van der Waals surface area contributed by atoms with Crippen molar-refractivity contribution in [1.29, 1.82) is 0 Å². The van der Waals surface area contributed by atoms with Crippen molar-refractivity contribution in [1.82, 2.24) is 0 Å². The first kappa shape index (κ1) is 16.6. The molecule has 0 aliphatic rings. The van der Waals surface area contributed by atoms with E-state index in [0.29, 0.717) is 0 Å². The van der Waals surface area contributed by atoms with Crippen LogP contribution < -0.4 is 9.47 Å². The maximum absolute atomic E-state index is 5.56. The van der Waals surface area contributed by atoms with Crippen LogP contribution in [0.1, 0.15) is 20.9 Å². The number of methoxy groups -OCH3 is 2. The van der Waals surface area contributed by atoms with Gasteiger partial charge in [0.1, 0.15) is 11.5 Å². The van der Waals surface area contributed by atoms with Gasteiger partial charge in [-0.05, 0) is 59.3 Å². The number of ether oxygens (including phenoxy) is 2. The molecule has 0 aliphatic carbocycles. The molecule has 0 saturated heterocycles. The van der Waals surface area contributed by atoms with Crippen molar-refractivity contribution in [3.05, 3.63) is 68.0 Å². The highest BCUT2D eigenvalue weighted by atomic mass is 32.1. The predicted molar refractivity (Wildman–Crippen MR) is 106 cm³/mol. The van der Waals surface area contributed by atoms with E-state index < -0.39 is 0 Å². The second kappa shape index (κ2) is 7.99. The lowest BCUT2D eigenvalue weighted by Crippen LogP contribution is -1.93. The highest BCUT2D eigenvalue weighted by Gasteiger charge is 2.08. The Morgan fingerprint density at radius 1 is 0.708 bits per heavy atom. The summed E-state index contributed by atoms with van der Waals surface area (Å²) in [5.41, 5.74) is 1.99. The summed E-state index contributed by atoms with van der Waals surface area (Å²) in [7, 11) is 3.38. The average Bonchev–Trinajstić information content (AvgIpc) is 3.31. The van der Waals surface area contributed by atoms with E-state index in [4.69, 9.17) is 9.47 Å². The van der Waals surface area contributed by atoms with Crippen molar-refractivity contribution in [2.45, 2.75) is 0 Å². The summed E-state index contributed by atoms with van der Waals surface area (Å²) in [5, 5.41) is 4.13. The van der Waals surface area contributed by atoms with Gasteiger partial charge in [0.2, 0.25) is 0 Å². The van der Waals surface area contributed by atoms with Crippen LogP contribution in [0.15, 0.2) is 47.2 Å². The molecule has 0 spiro atoms. The highest BCUT2D eigenvalue weighted by molar-refractivity contribution is 7.11. The summed E-state index contributed by atoms with van der Waals surface area (Å²) in [6.07, 6.45) is 8.28. The van der Waals surface area contributed by atoms with E-state index in [2.05, 4.69) is 47.2 Å². The van der Waals surface area contributed by atoms with Crippen molar-refractivity contribution in [2.75, 3.05) is 14.2 Å². The van der Waals surface area contributed by atoms with Crippen LogP contribution in [0.5, 0.6) is 11.5 Å². The van der Waals surface area contributed by atoms with Crippen molar-refractivity contribution in [2.24, 2.45) is 0 Å². The molecule has 122 valence electrons. The topological polar surface area (TPSA) is 18.5 Å². The van der Waals surface area contributed by atoms with Gasteiger partial charge in [0.05, 0.1) is 14.2 Å². The Kier molecular flexibility index (Phi) is 5.51. The minimum atomic E-state index is 0.828. The fraction of sp³-hybridized carbons (Fsp3) is 0.100. The Morgan fingerprint density at radius 2 is 1.17 bits per heavy atom. The fourth-order valence-electron chi connectivity index (χ4n) is 2.32. The SMILES string of the molecule is COc1cc(/C=C\c2cccs2)c(OC)cc1/C=C\c1cccs1. The zero-order chi connectivity index (χ0) is 16.8. The minimum absolute atomic E-state index is 0.828. The maximum Gasteiger partial charge on any atom is 0.126 e. The second-order valence-corrected chi connectivity index (χ2v) is 6.99. The lowest BCUT2D eigenvalue weighted by Gasteiger charge is -2.11. The molecule has 0 radical (unpaired) electrons. The van der Waals surface area contributed by atoms with Gasteiger partial charge in [0.15, 0.2) is 0 Å². The standard InChI is InChI=1S/C20H18O2S2/c1-21-19-13-16(8-10-18-6-4-12-24-18)20(22-2)14-15(19)7-9-17-5-3-11-23-17/h3-14H,1-2H3/b9-7-,10-8-. The van der Waals surface area contributed by atoms with Gasteiger partial charge in [-0.2, -0.15) is 0 Å². The molecule has 2 heterocycles. The van der Waals surface area contributed by atoms with Gasteiger partial charge in [-0.1, -0.05) is 12.1 Å². The normalized spacial score (nSPS) is 11.4. The smallest absolute Gasteiger partial charge is 0.126 e. The first-order valence-corrected chi connectivity index (χ1v) is 9.25. The fourth-order valence-corrected chi connectivity index (χ4v) is 3.56. The third-order valence-electron chi connectivity index (χ3n) is 3.52. The maximum atomic E-state index is 5.56. The molecule has 0 atom stereocenters. The summed E-state index contributed by atoms with van der Waals surface area (Å²) >= 11 is 3.41. The van der Waals surface area contributed by atoms with Crippen molar-refractivity contribution >= 4 is 47.0 Å². The van der Waals surface area contributed by atoms with Crippen molar-refractivity contribution < 1.29 is 9.47 Å². The third-order valence-corrected chi connectivity index (χ3v) is 5.20. The first-order valence-electron chi connectivity index (χ1n) is 7.49. The molecule has 0 N–H and O–H groups in total. The monoisotopic (exact) mass is 354 g/mol. The van der Waals surface area contributed by atoms with E-state index in [-0.39, 0.29) is 0 Å². The molecule has 1 aromatic carbocycles. The largest absolute Gasteiger partial charge is 0.496 e. The van der Waals surface area contributed by atoms with Crippen LogP contribution in [0.25, 0.3) is 24.3 Å². The Balaban J connectivity index is 1.93. The Bertz CT molecular complexity index is 757. The van der Waals surface area contributed by atoms with E-state index in [1.807, 2.05) is 24.3 Å². The van der Waals surface area contributed by atoms with Gasteiger partial charge < -0.3 is 9.47 Å². The average molecular weight is 354 g/mol. The number of hydrogen-bond donors (Lipinski definition) is 0. The van der Waals surface area contributed by atoms with Gasteiger partial charge in [0, 0.05) is 20.9 Å². The molecule has 2 nitrogen and oxygen atoms in total. The Hall–Kier alpha value is -2.30. The quantitative estimate of drug-likeness (QED) is 0.527. The number of thiophene rings is 2. The molecular formula is C20H18O2S2. The van der Waals surface area contributed by atoms with Gasteiger partial charge >= 0.3 is 0 Å². The minimum Gasteiger partial charge on any atom is -0.496 e. The summed E-state index contributed by atoms with van der Waals surface area (Å²) in [6.45, 7) is 0. The number of hydrogen-bond acceptors (Lipinski definition) is 4. The number of rotatable bonds is 6. The van der Waals surface area contributed by atoms with Crippen LogP contribution in [0, 0.1) is 0 Å². The summed E-state index contributed by atoms with van der Waals surface area (Å²) in [6, 6.07) is 12.3. The van der Waals surface area contributed by atoms with E-state index in [9.17, 15) is 0 Å². The summed E-state index contributed by atoms with van der Waals surface area (Å²) < 4.78 is 11.1. The molecule has 0 bridgehead atoms. The van der Waals surface area contributed by atoms with Gasteiger partial charge in [-0.3, -0.25) is 0 Å². The van der Waals surface area contributed by atoms with Crippen LogP contribution in [0.2, 0.25) is 0 Å². The summed E-state index contributed by atoms with van der Waals surface area (Å²) in [5.74, 6) is 1.66. The zero-order valence-electron chi connectivity index (χ0n) is 13.6. The first-order chi connectivity index (χ1) is 11.8. The molecule has 0 aliphatic heterocycles. The molecule has 0 unspecified atom stereocenters. The Labute approximate surface area is 150 Å². The zero-order valence-corrected chi connectivity index (χ0v) is 15.2. The van der Waals surface area contributed by atoms with E-state index in [0.717, 1.165) is 22.6 Å². The second-order valence-electron chi connectivity index (χ2n) is 5.03. The van der Waals surface area contributed by atoms with Gasteiger partial charge in [-0.15, -0.1) is 22.7 Å². The molecule has 0 fully saturated rings. The molecule has 24 heavy (non-hydrogen) atoms. The van der Waals surface area contributed by atoms with Gasteiger partial charge in [0.25, 0.3) is 0 Å². The van der Waals surface area contributed by atoms with Crippen LogP contribution in [0.3, 0.4) is 0 Å². The lowest BCUT2D eigenvalue weighted by atomic mass is 10.1. The predicted octanol–water partition coefficient (Wildman–Crippen LogP) is 6.17. The molecule has 0 saturated carbocycles. The van der Waals surface area contributed by atoms with Crippen LogP contribution in [-0.2, 0) is 0 Å². The van der Waals surface area contributed by atoms with E-state index in [1.165, 1.54) is 9.75 Å². The summed E-state index contributed by atoms with van der Waals surface area (Å²) in [4.78, 5) is 2.41. The van der Waals surface area contributed by atoms with E-state index >= 15 is 0 Å². The highest BCUT2D eigenvalue weighted by Crippen LogP contribution is 2.32. The molecule has 3 rings (SSSR count). The molecule has 3 aromatic rings. The van der Waals surface area contributed by atoms with E-state index in [1.54, 1.807) is 36.9 Å². The molecular weight excluding hydrogens is 336 g/mol. The Morgan fingerprint density at radius 3 is 1.50 bits per heavy atom. The number of benzene rings is 1. The van der Waals surface area contributed by atoms with Crippen LogP contribution in [0.4, 0.5) is 0 Å². The van der Waals surface area contributed by atoms with Crippen LogP contribution in [-0.4, -0.2) is 14.2 Å². The molecule has 2 aromatic heterocycles. The van der Waals surface area contributed by atoms with Crippen LogP contribution >= 0.6 is 22.7 Å². The molecule has 4 heteroatoms. The molecule has 0 amide bonds. The van der Waals surface area contributed by atoms with Crippen molar-refractivity contribution in [3.63, 3.8) is 0 Å². The third kappa shape index (κ3) is 3.96.